The number of nitrogens with zero attached hydrogens (tertiary/aromatic N) is 1. The molecule has 0 aliphatic carbocycles. The summed E-state index contributed by atoms with van der Waals surface area (Å²) in [5, 5.41) is 11.3. The first-order valence-electron chi connectivity index (χ1n) is 5.45. The summed E-state index contributed by atoms with van der Waals surface area (Å²) in [6.45, 7) is 4.70. The maximum Gasteiger partial charge on any atom is 0.309 e. The fourth-order valence-corrected chi connectivity index (χ4v) is 2.35. The van der Waals surface area contributed by atoms with Gasteiger partial charge >= 0.3 is 5.97 Å². The molecule has 1 aromatic heterocycles. The van der Waals surface area contributed by atoms with Crippen molar-refractivity contribution in [3.8, 4) is 0 Å². The van der Waals surface area contributed by atoms with Gasteiger partial charge in [0, 0.05) is 12.0 Å². The highest BCUT2D eigenvalue weighted by Gasteiger charge is 2.15. The molecule has 0 spiro atoms. The molecule has 0 radical (unpaired) electrons. The van der Waals surface area contributed by atoms with E-state index < -0.39 is 5.97 Å². The Morgan fingerprint density at radius 1 is 1.62 bits per heavy atom. The third-order valence-electron chi connectivity index (χ3n) is 2.10. The number of aromatic nitrogens is 1. The summed E-state index contributed by atoms with van der Waals surface area (Å²) < 4.78 is 5.59. The van der Waals surface area contributed by atoms with Crippen molar-refractivity contribution in [2.24, 2.45) is 0 Å². The van der Waals surface area contributed by atoms with Crippen LogP contribution in [0.4, 0.5) is 0 Å². The van der Waals surface area contributed by atoms with Crippen molar-refractivity contribution in [1.29, 1.82) is 0 Å². The molecule has 16 heavy (non-hydrogen) atoms. The van der Waals surface area contributed by atoms with Crippen LogP contribution in [0.2, 0.25) is 0 Å². The maximum absolute atomic E-state index is 10.5. The number of aliphatic carboxylic acids is 1. The number of thiazole rings is 1. The molecule has 0 aliphatic rings. The zero-order chi connectivity index (χ0) is 12.0. The van der Waals surface area contributed by atoms with Gasteiger partial charge in [-0.25, -0.2) is 4.98 Å². The zero-order valence-electron chi connectivity index (χ0n) is 9.60. The third kappa shape index (κ3) is 3.90. The van der Waals surface area contributed by atoms with Gasteiger partial charge in [0.15, 0.2) is 0 Å². The van der Waals surface area contributed by atoms with Crippen LogP contribution in [0.15, 0.2) is 5.38 Å². The number of carboxylic acid groups (broad SMARTS) is 1. The first-order chi connectivity index (χ1) is 7.67. The molecule has 1 heterocycles. The lowest BCUT2D eigenvalue weighted by Crippen LogP contribution is -2.05. The summed E-state index contributed by atoms with van der Waals surface area (Å²) in [6, 6.07) is 0. The van der Waals surface area contributed by atoms with Crippen molar-refractivity contribution in [1.82, 2.24) is 4.98 Å². The van der Waals surface area contributed by atoms with Crippen molar-refractivity contribution < 1.29 is 14.6 Å². The molecule has 1 rings (SSSR count). The number of carbonyl (C=O) groups is 1. The van der Waals surface area contributed by atoms with Crippen LogP contribution < -0.4 is 0 Å². The Bertz CT molecular complexity index is 332. The second-order valence-corrected chi connectivity index (χ2v) is 4.37. The van der Waals surface area contributed by atoms with E-state index in [0.29, 0.717) is 12.3 Å². The first-order valence-corrected chi connectivity index (χ1v) is 6.33. The lowest BCUT2D eigenvalue weighted by Gasteiger charge is -2.12. The van der Waals surface area contributed by atoms with Gasteiger partial charge in [-0.3, -0.25) is 4.79 Å². The second kappa shape index (κ2) is 6.60. The highest BCUT2D eigenvalue weighted by atomic mass is 32.1. The smallest absolute Gasteiger partial charge is 0.309 e. The molecule has 1 atom stereocenters. The Morgan fingerprint density at radius 3 is 2.94 bits per heavy atom. The molecule has 1 aromatic rings. The second-order valence-electron chi connectivity index (χ2n) is 3.48. The van der Waals surface area contributed by atoms with Crippen LogP contribution in [0.5, 0.6) is 0 Å². The molecule has 1 unspecified atom stereocenters. The molecule has 0 fully saturated rings. The van der Waals surface area contributed by atoms with E-state index in [-0.39, 0.29) is 12.5 Å². The number of hydrogen-bond acceptors (Lipinski definition) is 4. The predicted molar refractivity (Wildman–Crippen MR) is 62.7 cm³/mol. The average Bonchev–Trinajstić information content (AvgIpc) is 2.65. The van der Waals surface area contributed by atoms with E-state index in [1.165, 1.54) is 11.3 Å². The molecule has 0 bridgehead atoms. The standard InChI is InChI=1S/C11H17NO3S/c1-3-5-9(15-4-2)11-12-8(7-16-11)6-10(13)14/h7,9H,3-6H2,1-2H3,(H,13,14). The quantitative estimate of drug-likeness (QED) is 0.799. The third-order valence-corrected chi connectivity index (χ3v) is 3.08. The summed E-state index contributed by atoms with van der Waals surface area (Å²) in [6.07, 6.45) is 1.95. The van der Waals surface area contributed by atoms with Gasteiger partial charge in [-0.15, -0.1) is 11.3 Å². The summed E-state index contributed by atoms with van der Waals surface area (Å²) in [4.78, 5) is 14.8. The van der Waals surface area contributed by atoms with Crippen LogP contribution >= 0.6 is 11.3 Å². The number of ether oxygens (including phenoxy) is 1. The summed E-state index contributed by atoms with van der Waals surface area (Å²) in [7, 11) is 0. The van der Waals surface area contributed by atoms with E-state index in [0.717, 1.165) is 17.8 Å². The molecule has 4 nitrogen and oxygen atoms in total. The number of rotatable bonds is 7. The lowest BCUT2D eigenvalue weighted by molar-refractivity contribution is -0.136. The molecule has 5 heteroatoms. The van der Waals surface area contributed by atoms with Gasteiger partial charge in [-0.1, -0.05) is 13.3 Å². The predicted octanol–water partition coefficient (Wildman–Crippen LogP) is 2.65. The van der Waals surface area contributed by atoms with E-state index in [1.54, 1.807) is 5.38 Å². The van der Waals surface area contributed by atoms with Crippen LogP contribution in [0.3, 0.4) is 0 Å². The Hall–Kier alpha value is -0.940. The van der Waals surface area contributed by atoms with Gasteiger partial charge in [-0.2, -0.15) is 0 Å². The van der Waals surface area contributed by atoms with Crippen LogP contribution in [-0.2, 0) is 16.0 Å². The molecular weight excluding hydrogens is 226 g/mol. The maximum atomic E-state index is 10.5. The van der Waals surface area contributed by atoms with Gasteiger partial charge in [0.1, 0.15) is 11.1 Å². The van der Waals surface area contributed by atoms with Crippen LogP contribution in [0.1, 0.15) is 43.5 Å². The average molecular weight is 243 g/mol. The van der Waals surface area contributed by atoms with Gasteiger partial charge in [0.25, 0.3) is 0 Å². The van der Waals surface area contributed by atoms with Crippen LogP contribution in [-0.4, -0.2) is 22.7 Å². The number of hydrogen-bond donors (Lipinski definition) is 1. The molecule has 0 aromatic carbocycles. The van der Waals surface area contributed by atoms with E-state index >= 15 is 0 Å². The molecule has 90 valence electrons. The van der Waals surface area contributed by atoms with Gasteiger partial charge in [-0.05, 0) is 13.3 Å². The van der Waals surface area contributed by atoms with E-state index in [4.69, 9.17) is 9.84 Å². The highest BCUT2D eigenvalue weighted by Crippen LogP contribution is 2.26. The highest BCUT2D eigenvalue weighted by molar-refractivity contribution is 7.09. The minimum absolute atomic E-state index is 0.0124. The van der Waals surface area contributed by atoms with Crippen molar-refractivity contribution in [3.63, 3.8) is 0 Å². The SMILES string of the molecule is CCCC(OCC)c1nc(CC(=O)O)cs1. The Kier molecular flexibility index (Phi) is 5.42. The topological polar surface area (TPSA) is 59.4 Å². The molecule has 0 amide bonds. The molecule has 0 aliphatic heterocycles. The normalized spacial score (nSPS) is 12.6. The first kappa shape index (κ1) is 13.1. The minimum atomic E-state index is -0.847. The molecule has 0 saturated carbocycles. The van der Waals surface area contributed by atoms with Crippen molar-refractivity contribution in [2.45, 2.75) is 39.2 Å². The summed E-state index contributed by atoms with van der Waals surface area (Å²) in [5.74, 6) is -0.847. The number of carboxylic acids is 1. The zero-order valence-corrected chi connectivity index (χ0v) is 10.4. The summed E-state index contributed by atoms with van der Waals surface area (Å²) >= 11 is 1.48. The summed E-state index contributed by atoms with van der Waals surface area (Å²) in [5.41, 5.74) is 0.619. The minimum Gasteiger partial charge on any atom is -0.481 e. The van der Waals surface area contributed by atoms with Gasteiger partial charge in [0.05, 0.1) is 12.1 Å². The Balaban J connectivity index is 2.68. The molecule has 1 N–H and O–H groups in total. The van der Waals surface area contributed by atoms with E-state index in [1.807, 2.05) is 6.92 Å². The van der Waals surface area contributed by atoms with E-state index in [2.05, 4.69) is 11.9 Å². The van der Waals surface area contributed by atoms with Gasteiger partial charge in [0.2, 0.25) is 0 Å². The van der Waals surface area contributed by atoms with Crippen molar-refractivity contribution in [3.05, 3.63) is 16.1 Å². The monoisotopic (exact) mass is 243 g/mol. The van der Waals surface area contributed by atoms with Gasteiger partial charge < -0.3 is 9.84 Å². The fraction of sp³-hybridized carbons (Fsp3) is 0.636. The molecule has 0 saturated heterocycles. The van der Waals surface area contributed by atoms with Crippen LogP contribution in [0, 0.1) is 0 Å². The largest absolute Gasteiger partial charge is 0.481 e. The fourth-order valence-electron chi connectivity index (χ4n) is 1.45. The Labute approximate surface area is 99.3 Å². The Morgan fingerprint density at radius 2 is 2.38 bits per heavy atom. The van der Waals surface area contributed by atoms with Crippen molar-refractivity contribution in [2.75, 3.05) is 6.61 Å². The van der Waals surface area contributed by atoms with E-state index in [9.17, 15) is 4.79 Å². The molecular formula is C11H17NO3S. The van der Waals surface area contributed by atoms with Crippen molar-refractivity contribution >= 4 is 17.3 Å². The van der Waals surface area contributed by atoms with Crippen LogP contribution in [0.25, 0.3) is 0 Å². The lowest BCUT2D eigenvalue weighted by atomic mass is 10.2.